The highest BCUT2D eigenvalue weighted by Gasteiger charge is 2.45. The molecule has 0 N–H and O–H groups in total. The predicted molar refractivity (Wildman–Crippen MR) is 99.6 cm³/mol. The fourth-order valence-corrected chi connectivity index (χ4v) is 3.83. The van der Waals surface area contributed by atoms with Crippen LogP contribution in [0, 0.1) is 0 Å². The van der Waals surface area contributed by atoms with Crippen LogP contribution in [0.15, 0.2) is 18.5 Å². The molecule has 3 rings (SSSR count). The van der Waals surface area contributed by atoms with Crippen LogP contribution in [0.4, 0.5) is 14.5 Å². The van der Waals surface area contributed by atoms with Gasteiger partial charge in [0.1, 0.15) is 0 Å². The summed E-state index contributed by atoms with van der Waals surface area (Å²) in [6.07, 6.45) is 4.05. The number of aromatic nitrogens is 1. The third-order valence-electron chi connectivity index (χ3n) is 5.38. The molecule has 2 fully saturated rings. The van der Waals surface area contributed by atoms with Gasteiger partial charge >= 0.3 is 5.92 Å². The number of amides is 2. The van der Waals surface area contributed by atoms with E-state index in [9.17, 15) is 18.4 Å². The van der Waals surface area contributed by atoms with Crippen molar-refractivity contribution in [3.63, 3.8) is 0 Å². The number of pyridine rings is 1. The number of alkyl halides is 2. The second kappa shape index (κ2) is 7.62. The van der Waals surface area contributed by atoms with E-state index in [0.29, 0.717) is 45.0 Å². The lowest BCUT2D eigenvalue weighted by Gasteiger charge is -2.47. The number of hydrogen-bond donors (Lipinski definition) is 0. The topological polar surface area (TPSA) is 66.0 Å². The van der Waals surface area contributed by atoms with Crippen molar-refractivity contribution in [3.05, 3.63) is 24.0 Å². The van der Waals surface area contributed by atoms with Crippen molar-refractivity contribution in [2.45, 2.75) is 31.3 Å². The van der Waals surface area contributed by atoms with E-state index in [1.807, 2.05) is 19.0 Å². The normalized spacial score (nSPS) is 19.6. The molecule has 2 amide bonds. The van der Waals surface area contributed by atoms with Crippen LogP contribution < -0.4 is 4.90 Å². The fraction of sp³-hybridized carbons (Fsp3) is 0.632. The molecular weight excluding hydrogens is 370 g/mol. The molecule has 3 heterocycles. The van der Waals surface area contributed by atoms with Gasteiger partial charge < -0.3 is 19.4 Å². The third kappa shape index (κ3) is 4.09. The number of halogens is 2. The molecule has 2 aliphatic heterocycles. The summed E-state index contributed by atoms with van der Waals surface area (Å²) < 4.78 is 32.6. The molecule has 2 aliphatic rings. The van der Waals surface area contributed by atoms with E-state index in [0.717, 1.165) is 5.69 Å². The number of ether oxygens (including phenoxy) is 1. The van der Waals surface area contributed by atoms with Crippen LogP contribution in [0.2, 0.25) is 0 Å². The molecule has 0 unspecified atom stereocenters. The van der Waals surface area contributed by atoms with E-state index >= 15 is 0 Å². The first kappa shape index (κ1) is 20.4. The van der Waals surface area contributed by atoms with Crippen LogP contribution in [0.1, 0.15) is 30.1 Å². The van der Waals surface area contributed by atoms with Crippen LogP contribution in [-0.4, -0.2) is 85.0 Å². The van der Waals surface area contributed by atoms with Gasteiger partial charge in [-0.2, -0.15) is 8.78 Å². The number of carbonyl (C=O) groups is 2. The standard InChI is InChI=1S/C19H26F2N4O3/c1-18(20,21)17(27)24-8-5-19(6-9-24)13-25(10-11-28-19)16(26)14-12-22-7-4-15(14)23(2)3/h4,7,12H,5-6,8-11,13H2,1-3H3. The average molecular weight is 396 g/mol. The van der Waals surface area contributed by atoms with E-state index in [4.69, 9.17) is 4.74 Å². The van der Waals surface area contributed by atoms with Gasteiger partial charge in [0.2, 0.25) is 0 Å². The SMILES string of the molecule is CN(C)c1ccncc1C(=O)N1CCOC2(CCN(C(=O)C(C)(F)F)CC2)C1. The molecule has 1 aromatic heterocycles. The summed E-state index contributed by atoms with van der Waals surface area (Å²) in [5, 5.41) is 0. The molecule has 1 spiro atoms. The quantitative estimate of drug-likeness (QED) is 0.777. The Balaban J connectivity index is 1.70. The van der Waals surface area contributed by atoms with Gasteiger partial charge in [0.15, 0.2) is 0 Å². The molecule has 154 valence electrons. The second-order valence-corrected chi connectivity index (χ2v) is 7.73. The minimum atomic E-state index is -3.37. The molecule has 9 heteroatoms. The first-order valence-corrected chi connectivity index (χ1v) is 9.35. The molecule has 0 aliphatic carbocycles. The maximum absolute atomic E-state index is 13.3. The molecular formula is C19H26F2N4O3. The molecule has 0 radical (unpaired) electrons. The molecule has 1 aromatic rings. The number of likely N-dealkylation sites (tertiary alicyclic amines) is 1. The summed E-state index contributed by atoms with van der Waals surface area (Å²) in [5.74, 6) is -4.65. The lowest BCUT2D eigenvalue weighted by molar-refractivity contribution is -0.165. The molecule has 7 nitrogen and oxygen atoms in total. The van der Waals surface area contributed by atoms with Crippen molar-refractivity contribution < 1.29 is 23.1 Å². The van der Waals surface area contributed by atoms with E-state index in [2.05, 4.69) is 4.98 Å². The molecule has 0 bridgehead atoms. The highest BCUT2D eigenvalue weighted by Crippen LogP contribution is 2.32. The lowest BCUT2D eigenvalue weighted by Crippen LogP contribution is -2.59. The average Bonchev–Trinajstić information content (AvgIpc) is 2.67. The molecule has 0 aromatic carbocycles. The molecule has 0 saturated carbocycles. The highest BCUT2D eigenvalue weighted by molar-refractivity contribution is 5.99. The Morgan fingerprint density at radius 2 is 1.89 bits per heavy atom. The maximum atomic E-state index is 13.3. The number of hydrogen-bond acceptors (Lipinski definition) is 5. The van der Waals surface area contributed by atoms with Crippen molar-refractivity contribution in [2.24, 2.45) is 0 Å². The Kier molecular flexibility index (Phi) is 5.56. The Morgan fingerprint density at radius 1 is 1.21 bits per heavy atom. The summed E-state index contributed by atoms with van der Waals surface area (Å²) in [6.45, 7) is 2.21. The summed E-state index contributed by atoms with van der Waals surface area (Å²) >= 11 is 0. The van der Waals surface area contributed by atoms with E-state index in [1.165, 1.54) is 4.90 Å². The fourth-order valence-electron chi connectivity index (χ4n) is 3.83. The van der Waals surface area contributed by atoms with Gasteiger partial charge in [-0.25, -0.2) is 0 Å². The van der Waals surface area contributed by atoms with Crippen LogP contribution in [0.3, 0.4) is 0 Å². The smallest absolute Gasteiger partial charge is 0.322 e. The van der Waals surface area contributed by atoms with Gasteiger partial charge in [0, 0.05) is 53.0 Å². The van der Waals surface area contributed by atoms with Crippen molar-refractivity contribution in [2.75, 3.05) is 51.8 Å². The number of morpholine rings is 1. The zero-order valence-electron chi connectivity index (χ0n) is 16.5. The zero-order valence-corrected chi connectivity index (χ0v) is 16.5. The Hall–Kier alpha value is -2.29. The second-order valence-electron chi connectivity index (χ2n) is 7.73. The van der Waals surface area contributed by atoms with Gasteiger partial charge in [0.25, 0.3) is 11.8 Å². The van der Waals surface area contributed by atoms with Crippen LogP contribution in [-0.2, 0) is 9.53 Å². The van der Waals surface area contributed by atoms with Gasteiger partial charge in [-0.3, -0.25) is 14.6 Å². The first-order valence-electron chi connectivity index (χ1n) is 9.35. The van der Waals surface area contributed by atoms with Crippen molar-refractivity contribution >= 4 is 17.5 Å². The molecule has 28 heavy (non-hydrogen) atoms. The van der Waals surface area contributed by atoms with Crippen LogP contribution >= 0.6 is 0 Å². The minimum Gasteiger partial charge on any atom is -0.377 e. The summed E-state index contributed by atoms with van der Waals surface area (Å²) in [6, 6.07) is 1.79. The largest absolute Gasteiger partial charge is 0.377 e. The maximum Gasteiger partial charge on any atom is 0.322 e. The van der Waals surface area contributed by atoms with Crippen LogP contribution in [0.5, 0.6) is 0 Å². The minimum absolute atomic E-state index is 0.127. The van der Waals surface area contributed by atoms with Crippen molar-refractivity contribution in [1.29, 1.82) is 0 Å². The number of piperidine rings is 1. The monoisotopic (exact) mass is 396 g/mol. The van der Waals surface area contributed by atoms with Gasteiger partial charge in [-0.1, -0.05) is 0 Å². The Bertz CT molecular complexity index is 743. The van der Waals surface area contributed by atoms with Gasteiger partial charge in [0.05, 0.1) is 30.0 Å². The highest BCUT2D eigenvalue weighted by atomic mass is 19.3. The number of rotatable bonds is 3. The summed E-state index contributed by atoms with van der Waals surface area (Å²) in [7, 11) is 3.73. The third-order valence-corrected chi connectivity index (χ3v) is 5.38. The molecule has 2 saturated heterocycles. The first-order chi connectivity index (χ1) is 13.1. The van der Waals surface area contributed by atoms with Crippen LogP contribution in [0.25, 0.3) is 0 Å². The number of nitrogens with zero attached hydrogens (tertiary/aromatic N) is 4. The Labute approximate surface area is 163 Å². The van der Waals surface area contributed by atoms with Crippen molar-refractivity contribution in [3.8, 4) is 0 Å². The van der Waals surface area contributed by atoms with E-state index in [-0.39, 0.29) is 19.0 Å². The number of anilines is 1. The summed E-state index contributed by atoms with van der Waals surface area (Å²) in [5.41, 5.74) is 0.697. The zero-order chi connectivity index (χ0) is 20.5. The lowest BCUT2D eigenvalue weighted by atomic mass is 9.89. The van der Waals surface area contributed by atoms with Gasteiger partial charge in [-0.15, -0.1) is 0 Å². The van der Waals surface area contributed by atoms with E-state index in [1.54, 1.807) is 23.4 Å². The van der Waals surface area contributed by atoms with Gasteiger partial charge in [-0.05, 0) is 18.9 Å². The van der Waals surface area contributed by atoms with Crippen molar-refractivity contribution in [1.82, 2.24) is 14.8 Å². The number of carbonyl (C=O) groups excluding carboxylic acids is 2. The summed E-state index contributed by atoms with van der Waals surface area (Å²) in [4.78, 5) is 33.8. The Morgan fingerprint density at radius 3 is 2.50 bits per heavy atom. The predicted octanol–water partition coefficient (Wildman–Crippen LogP) is 1.64. The molecule has 0 atom stereocenters. The van der Waals surface area contributed by atoms with E-state index < -0.39 is 17.4 Å².